The van der Waals surface area contributed by atoms with Crippen LogP contribution < -0.4 is 10.2 Å². The van der Waals surface area contributed by atoms with E-state index in [2.05, 4.69) is 44.5 Å². The van der Waals surface area contributed by atoms with Crippen LogP contribution in [0.1, 0.15) is 59.8 Å². The number of benzene rings is 1. The van der Waals surface area contributed by atoms with Crippen LogP contribution in [0.2, 0.25) is 0 Å². The second kappa shape index (κ2) is 8.56. The first-order valence-electron chi connectivity index (χ1n) is 10.8. The molecule has 0 bridgehead atoms. The highest BCUT2D eigenvalue weighted by Gasteiger charge is 2.23. The monoisotopic (exact) mass is 418 g/mol. The van der Waals surface area contributed by atoms with E-state index in [1.165, 1.54) is 41.7 Å². The van der Waals surface area contributed by atoms with Crippen molar-refractivity contribution >= 4 is 23.1 Å². The smallest absolute Gasteiger partial charge is 0.271 e. The molecule has 0 saturated carbocycles. The van der Waals surface area contributed by atoms with Crippen molar-refractivity contribution in [2.75, 3.05) is 18.0 Å². The van der Waals surface area contributed by atoms with E-state index in [4.69, 9.17) is 0 Å². The SMILES string of the molecule is O=C(N[C@@H]1CCCc2ccccc21)c1csc(-c2ccnc(N3CCCCC3)c2)n1. The van der Waals surface area contributed by atoms with Crippen LogP contribution in [0.5, 0.6) is 0 Å². The number of nitrogens with one attached hydrogen (secondary N) is 1. The molecule has 5 rings (SSSR count). The largest absolute Gasteiger partial charge is 0.357 e. The summed E-state index contributed by atoms with van der Waals surface area (Å²) in [6.45, 7) is 2.12. The molecule has 1 amide bonds. The Morgan fingerprint density at radius 3 is 2.87 bits per heavy atom. The minimum absolute atomic E-state index is 0.0687. The number of pyridine rings is 1. The molecule has 1 aliphatic carbocycles. The topological polar surface area (TPSA) is 58.1 Å². The highest BCUT2D eigenvalue weighted by molar-refractivity contribution is 7.13. The molecule has 1 N–H and O–H groups in total. The molecule has 0 spiro atoms. The summed E-state index contributed by atoms with van der Waals surface area (Å²) in [6, 6.07) is 12.6. The summed E-state index contributed by atoms with van der Waals surface area (Å²) in [5.74, 6) is 0.914. The molecular weight excluding hydrogens is 392 g/mol. The Morgan fingerprint density at radius 1 is 1.10 bits per heavy atom. The van der Waals surface area contributed by atoms with Gasteiger partial charge in [0.2, 0.25) is 0 Å². The van der Waals surface area contributed by atoms with Crippen LogP contribution >= 0.6 is 11.3 Å². The standard InChI is InChI=1S/C24H26N4OS/c29-23(26-20-10-6-8-17-7-2-3-9-19(17)20)21-16-30-24(27-21)18-11-12-25-22(15-18)28-13-4-1-5-14-28/h2-3,7,9,11-12,15-16,20H,1,4-6,8,10,13-14H2,(H,26,29)/t20-/m1/s1. The number of piperidine rings is 1. The molecule has 1 fully saturated rings. The number of hydrogen-bond acceptors (Lipinski definition) is 5. The molecule has 2 aromatic heterocycles. The van der Waals surface area contributed by atoms with E-state index < -0.39 is 0 Å². The van der Waals surface area contributed by atoms with Gasteiger partial charge in [0.05, 0.1) is 6.04 Å². The van der Waals surface area contributed by atoms with Crippen LogP contribution in [-0.4, -0.2) is 29.0 Å². The fraction of sp³-hybridized carbons (Fsp3) is 0.375. The summed E-state index contributed by atoms with van der Waals surface area (Å²) in [7, 11) is 0. The quantitative estimate of drug-likeness (QED) is 0.648. The number of aryl methyl sites for hydroxylation is 1. The Hall–Kier alpha value is -2.73. The van der Waals surface area contributed by atoms with Crippen molar-refractivity contribution in [3.8, 4) is 10.6 Å². The zero-order valence-corrected chi connectivity index (χ0v) is 17.8. The molecule has 5 nitrogen and oxygen atoms in total. The maximum atomic E-state index is 12.9. The third kappa shape index (κ3) is 3.97. The van der Waals surface area contributed by atoms with Crippen molar-refractivity contribution in [1.82, 2.24) is 15.3 Å². The molecule has 0 unspecified atom stereocenters. The van der Waals surface area contributed by atoms with E-state index in [0.29, 0.717) is 5.69 Å². The Bertz CT molecular complexity index is 1040. The number of hydrogen-bond donors (Lipinski definition) is 1. The first kappa shape index (κ1) is 19.2. The van der Waals surface area contributed by atoms with Gasteiger partial charge in [0.15, 0.2) is 0 Å². The number of carbonyl (C=O) groups is 1. The minimum atomic E-state index is -0.0930. The van der Waals surface area contributed by atoms with Crippen molar-refractivity contribution < 1.29 is 4.79 Å². The van der Waals surface area contributed by atoms with E-state index in [9.17, 15) is 4.79 Å². The van der Waals surface area contributed by atoms with Crippen LogP contribution in [0.25, 0.3) is 10.6 Å². The molecule has 1 aromatic carbocycles. The Kier molecular flexibility index (Phi) is 5.49. The van der Waals surface area contributed by atoms with Crippen LogP contribution in [-0.2, 0) is 6.42 Å². The van der Waals surface area contributed by atoms with Gasteiger partial charge in [-0.25, -0.2) is 9.97 Å². The predicted molar refractivity (Wildman–Crippen MR) is 121 cm³/mol. The summed E-state index contributed by atoms with van der Waals surface area (Å²) in [4.78, 5) is 24.4. The zero-order chi connectivity index (χ0) is 20.3. The van der Waals surface area contributed by atoms with Crippen LogP contribution in [0.3, 0.4) is 0 Å². The van der Waals surface area contributed by atoms with Crippen molar-refractivity contribution in [1.29, 1.82) is 0 Å². The number of nitrogens with zero attached hydrogens (tertiary/aromatic N) is 3. The average Bonchev–Trinajstić information content (AvgIpc) is 3.31. The van der Waals surface area contributed by atoms with Gasteiger partial charge >= 0.3 is 0 Å². The lowest BCUT2D eigenvalue weighted by Crippen LogP contribution is -2.31. The predicted octanol–water partition coefficient (Wildman–Crippen LogP) is 5.00. The zero-order valence-electron chi connectivity index (χ0n) is 17.0. The van der Waals surface area contributed by atoms with Gasteiger partial charge in [-0.05, 0) is 61.8 Å². The molecule has 3 heterocycles. The molecule has 30 heavy (non-hydrogen) atoms. The second-order valence-electron chi connectivity index (χ2n) is 8.11. The Labute approximate surface area is 181 Å². The summed E-state index contributed by atoms with van der Waals surface area (Å²) in [5.41, 5.74) is 4.11. The van der Waals surface area contributed by atoms with Crippen LogP contribution in [0.4, 0.5) is 5.82 Å². The molecule has 3 aromatic rings. The van der Waals surface area contributed by atoms with Gasteiger partial charge in [-0.3, -0.25) is 4.79 Å². The van der Waals surface area contributed by atoms with Gasteiger partial charge < -0.3 is 10.2 Å². The summed E-state index contributed by atoms with van der Waals surface area (Å²) >= 11 is 1.52. The lowest BCUT2D eigenvalue weighted by molar-refractivity contribution is 0.0928. The minimum Gasteiger partial charge on any atom is -0.357 e. The van der Waals surface area contributed by atoms with Gasteiger partial charge in [0.1, 0.15) is 16.5 Å². The molecule has 1 aliphatic heterocycles. The molecule has 1 saturated heterocycles. The van der Waals surface area contributed by atoms with E-state index in [0.717, 1.165) is 48.7 Å². The fourth-order valence-electron chi connectivity index (χ4n) is 4.49. The molecule has 2 aliphatic rings. The average molecular weight is 419 g/mol. The Morgan fingerprint density at radius 2 is 1.97 bits per heavy atom. The van der Waals surface area contributed by atoms with Gasteiger partial charge in [-0.2, -0.15) is 0 Å². The number of carbonyl (C=O) groups excluding carboxylic acids is 1. The number of rotatable bonds is 4. The van der Waals surface area contributed by atoms with Crippen LogP contribution in [0, 0.1) is 0 Å². The number of amides is 1. The second-order valence-corrected chi connectivity index (χ2v) is 8.96. The van der Waals surface area contributed by atoms with E-state index in [-0.39, 0.29) is 11.9 Å². The fourth-order valence-corrected chi connectivity index (χ4v) is 5.29. The van der Waals surface area contributed by atoms with Crippen molar-refractivity contribution in [2.45, 2.75) is 44.6 Å². The summed E-state index contributed by atoms with van der Waals surface area (Å²) in [6.07, 6.45) is 8.75. The lowest BCUT2D eigenvalue weighted by atomic mass is 9.88. The highest BCUT2D eigenvalue weighted by Crippen LogP contribution is 2.31. The van der Waals surface area contributed by atoms with Crippen molar-refractivity contribution in [3.63, 3.8) is 0 Å². The van der Waals surface area contributed by atoms with Gasteiger partial charge in [0, 0.05) is 30.2 Å². The third-order valence-corrected chi connectivity index (χ3v) is 6.98. The van der Waals surface area contributed by atoms with Crippen LogP contribution in [0.15, 0.2) is 48.0 Å². The van der Waals surface area contributed by atoms with Crippen molar-refractivity contribution in [2.24, 2.45) is 0 Å². The van der Waals surface area contributed by atoms with E-state index in [1.807, 2.05) is 23.7 Å². The van der Waals surface area contributed by atoms with Crippen molar-refractivity contribution in [3.05, 3.63) is 64.8 Å². The first-order valence-corrected chi connectivity index (χ1v) is 11.7. The molecule has 0 radical (unpaired) electrons. The first-order chi connectivity index (χ1) is 14.8. The number of fused-ring (bicyclic) bond motifs is 1. The molecule has 154 valence electrons. The molecular formula is C24H26N4OS. The summed E-state index contributed by atoms with van der Waals surface area (Å²) in [5, 5.41) is 5.93. The lowest BCUT2D eigenvalue weighted by Gasteiger charge is -2.27. The Balaban J connectivity index is 1.32. The molecule has 6 heteroatoms. The normalized spacial score (nSPS) is 18.7. The van der Waals surface area contributed by atoms with Gasteiger partial charge in [-0.15, -0.1) is 11.3 Å². The summed E-state index contributed by atoms with van der Waals surface area (Å²) < 4.78 is 0. The molecule has 1 atom stereocenters. The van der Waals surface area contributed by atoms with Gasteiger partial charge in [-0.1, -0.05) is 24.3 Å². The maximum absolute atomic E-state index is 12.9. The number of anilines is 1. The van der Waals surface area contributed by atoms with Gasteiger partial charge in [0.25, 0.3) is 5.91 Å². The highest BCUT2D eigenvalue weighted by atomic mass is 32.1. The van der Waals surface area contributed by atoms with E-state index in [1.54, 1.807) is 0 Å². The maximum Gasteiger partial charge on any atom is 0.271 e. The number of aromatic nitrogens is 2. The number of thiazole rings is 1. The van der Waals surface area contributed by atoms with E-state index >= 15 is 0 Å². The third-order valence-electron chi connectivity index (χ3n) is 6.08.